The van der Waals surface area contributed by atoms with Crippen LogP contribution in [-0.2, 0) is 22.6 Å². The lowest BCUT2D eigenvalue weighted by Crippen LogP contribution is -2.52. The van der Waals surface area contributed by atoms with E-state index in [9.17, 15) is 9.59 Å². The largest absolute Gasteiger partial charge is 0.497 e. The van der Waals surface area contributed by atoms with E-state index in [1.54, 1.807) is 12.0 Å². The zero-order valence-corrected chi connectivity index (χ0v) is 21.7. The number of thioether (sulfide) groups is 1. The van der Waals surface area contributed by atoms with Crippen LogP contribution in [0.2, 0.25) is 0 Å². The molecule has 0 aliphatic heterocycles. The summed E-state index contributed by atoms with van der Waals surface area (Å²) in [6.45, 7) is 6.21. The van der Waals surface area contributed by atoms with Crippen molar-refractivity contribution in [3.63, 3.8) is 0 Å². The van der Waals surface area contributed by atoms with Crippen molar-refractivity contribution in [2.75, 3.05) is 12.9 Å². The van der Waals surface area contributed by atoms with E-state index in [0.29, 0.717) is 13.0 Å². The molecule has 3 aromatic rings. The summed E-state index contributed by atoms with van der Waals surface area (Å²) in [6.07, 6.45) is 0.435. The smallest absolute Gasteiger partial charge is 0.243 e. The van der Waals surface area contributed by atoms with Gasteiger partial charge in [0.2, 0.25) is 11.8 Å². The van der Waals surface area contributed by atoms with Crippen molar-refractivity contribution in [3.05, 3.63) is 95.6 Å². The summed E-state index contributed by atoms with van der Waals surface area (Å²) in [4.78, 5) is 29.8. The third-order valence-corrected chi connectivity index (χ3v) is 6.57. The first kappa shape index (κ1) is 26.4. The first-order chi connectivity index (χ1) is 16.9. The molecular formula is C29H34N2O3S. The van der Waals surface area contributed by atoms with Gasteiger partial charge in [0.15, 0.2) is 0 Å². The van der Waals surface area contributed by atoms with Crippen LogP contribution in [0.15, 0.2) is 83.8 Å². The van der Waals surface area contributed by atoms with Gasteiger partial charge in [-0.1, -0.05) is 60.2 Å². The number of hydrogen-bond acceptors (Lipinski definition) is 4. The Morgan fingerprint density at radius 2 is 1.63 bits per heavy atom. The standard InChI is InChI=1S/C29H34N2O3S/c1-21(2)30-29(33)27(18-23-9-6-5-7-10-23)31(19-24-11-8-12-25(17-24)34-4)28(32)20-35-26-15-13-22(3)14-16-26/h5-17,21,27H,18-20H2,1-4H3,(H,30,33)/t27-/m0/s1. The lowest BCUT2D eigenvalue weighted by Gasteiger charge is -2.32. The lowest BCUT2D eigenvalue weighted by atomic mass is 10.0. The van der Waals surface area contributed by atoms with E-state index in [1.165, 1.54) is 17.3 Å². The molecule has 0 aliphatic rings. The fourth-order valence-corrected chi connectivity index (χ4v) is 4.55. The summed E-state index contributed by atoms with van der Waals surface area (Å²) in [7, 11) is 1.62. The van der Waals surface area contributed by atoms with Gasteiger partial charge in [-0.3, -0.25) is 9.59 Å². The minimum atomic E-state index is -0.642. The highest BCUT2D eigenvalue weighted by molar-refractivity contribution is 8.00. The second-order valence-corrected chi connectivity index (χ2v) is 9.89. The Kier molecular flexibility index (Phi) is 9.79. The van der Waals surface area contributed by atoms with Gasteiger partial charge in [-0.2, -0.15) is 0 Å². The zero-order valence-electron chi connectivity index (χ0n) is 20.9. The quantitative estimate of drug-likeness (QED) is 0.373. The highest BCUT2D eigenvalue weighted by atomic mass is 32.2. The predicted octanol–water partition coefficient (Wildman–Crippen LogP) is 5.26. The summed E-state index contributed by atoms with van der Waals surface area (Å²) >= 11 is 1.49. The molecule has 0 spiro atoms. The molecule has 1 N–H and O–H groups in total. The van der Waals surface area contributed by atoms with Gasteiger partial charge in [0.05, 0.1) is 12.9 Å². The van der Waals surface area contributed by atoms with Crippen LogP contribution in [0.4, 0.5) is 0 Å². The Bertz CT molecular complexity index is 1100. The number of carbonyl (C=O) groups excluding carboxylic acids is 2. The maximum absolute atomic E-state index is 13.7. The summed E-state index contributed by atoms with van der Waals surface area (Å²) in [6, 6.07) is 24.9. The number of rotatable bonds is 11. The van der Waals surface area contributed by atoms with Crippen LogP contribution in [-0.4, -0.2) is 41.7 Å². The van der Waals surface area contributed by atoms with Crippen LogP contribution in [0.25, 0.3) is 0 Å². The van der Waals surface area contributed by atoms with E-state index in [4.69, 9.17) is 4.74 Å². The first-order valence-corrected chi connectivity index (χ1v) is 12.8. The number of methoxy groups -OCH3 is 1. The SMILES string of the molecule is COc1cccc(CN(C(=O)CSc2ccc(C)cc2)[C@@H](Cc2ccccc2)C(=O)NC(C)C)c1. The number of ether oxygens (including phenoxy) is 1. The molecule has 3 rings (SSSR count). The third kappa shape index (κ3) is 8.18. The predicted molar refractivity (Wildman–Crippen MR) is 143 cm³/mol. The summed E-state index contributed by atoms with van der Waals surface area (Å²) in [5, 5.41) is 3.02. The van der Waals surface area contributed by atoms with Crippen LogP contribution in [0.5, 0.6) is 5.75 Å². The molecule has 2 amide bonds. The Morgan fingerprint density at radius 3 is 2.29 bits per heavy atom. The van der Waals surface area contributed by atoms with Gasteiger partial charge in [0, 0.05) is 23.9 Å². The van der Waals surface area contributed by atoms with Gasteiger partial charge < -0.3 is 15.0 Å². The average molecular weight is 491 g/mol. The van der Waals surface area contributed by atoms with Crippen molar-refractivity contribution in [2.24, 2.45) is 0 Å². The highest BCUT2D eigenvalue weighted by Gasteiger charge is 2.30. The average Bonchev–Trinajstić information content (AvgIpc) is 2.86. The molecule has 3 aromatic carbocycles. The van der Waals surface area contributed by atoms with Crippen molar-refractivity contribution in [1.82, 2.24) is 10.2 Å². The van der Waals surface area contributed by atoms with Gasteiger partial charge in [-0.05, 0) is 56.2 Å². The molecule has 0 aromatic heterocycles. The van der Waals surface area contributed by atoms with Crippen LogP contribution >= 0.6 is 11.8 Å². The Hall–Kier alpha value is -3.25. The highest BCUT2D eigenvalue weighted by Crippen LogP contribution is 2.22. The second-order valence-electron chi connectivity index (χ2n) is 8.84. The van der Waals surface area contributed by atoms with Crippen molar-refractivity contribution >= 4 is 23.6 Å². The molecular weight excluding hydrogens is 456 g/mol. The van der Waals surface area contributed by atoms with Crippen molar-refractivity contribution in [3.8, 4) is 5.75 Å². The molecule has 184 valence electrons. The number of nitrogens with zero attached hydrogens (tertiary/aromatic N) is 1. The third-order valence-electron chi connectivity index (χ3n) is 5.57. The molecule has 1 atom stereocenters. The summed E-state index contributed by atoms with van der Waals surface area (Å²) in [5.41, 5.74) is 3.09. The van der Waals surface area contributed by atoms with E-state index < -0.39 is 6.04 Å². The molecule has 0 bridgehead atoms. The van der Waals surface area contributed by atoms with Crippen LogP contribution in [0.3, 0.4) is 0 Å². The molecule has 0 saturated carbocycles. The molecule has 35 heavy (non-hydrogen) atoms. The van der Waals surface area contributed by atoms with E-state index in [-0.39, 0.29) is 23.6 Å². The van der Waals surface area contributed by atoms with E-state index in [1.807, 2.05) is 99.6 Å². The maximum Gasteiger partial charge on any atom is 0.243 e. The fourth-order valence-electron chi connectivity index (χ4n) is 3.76. The molecule has 0 unspecified atom stereocenters. The monoisotopic (exact) mass is 490 g/mol. The summed E-state index contributed by atoms with van der Waals surface area (Å²) < 4.78 is 5.38. The van der Waals surface area contributed by atoms with E-state index in [0.717, 1.165) is 21.8 Å². The molecule has 6 heteroatoms. The molecule has 0 saturated heterocycles. The minimum absolute atomic E-state index is 0.0310. The van der Waals surface area contributed by atoms with Crippen LogP contribution in [0.1, 0.15) is 30.5 Å². The molecule has 0 radical (unpaired) electrons. The zero-order chi connectivity index (χ0) is 25.2. The normalized spacial score (nSPS) is 11.7. The fraction of sp³-hybridized carbons (Fsp3) is 0.310. The van der Waals surface area contributed by atoms with Crippen molar-refractivity contribution in [1.29, 1.82) is 0 Å². The van der Waals surface area contributed by atoms with Crippen LogP contribution in [0, 0.1) is 6.92 Å². The number of amides is 2. The molecule has 0 heterocycles. The number of benzene rings is 3. The Morgan fingerprint density at radius 1 is 0.943 bits per heavy atom. The van der Waals surface area contributed by atoms with Gasteiger partial charge in [0.25, 0.3) is 0 Å². The van der Waals surface area contributed by atoms with Crippen molar-refractivity contribution < 1.29 is 14.3 Å². The Labute approximate surface area is 212 Å². The van der Waals surface area contributed by atoms with Gasteiger partial charge in [-0.15, -0.1) is 11.8 Å². The van der Waals surface area contributed by atoms with Gasteiger partial charge >= 0.3 is 0 Å². The van der Waals surface area contributed by atoms with E-state index >= 15 is 0 Å². The van der Waals surface area contributed by atoms with E-state index in [2.05, 4.69) is 5.32 Å². The number of nitrogens with one attached hydrogen (secondary N) is 1. The number of aryl methyl sites for hydroxylation is 1. The minimum Gasteiger partial charge on any atom is -0.497 e. The van der Waals surface area contributed by atoms with Crippen molar-refractivity contribution in [2.45, 2.75) is 50.7 Å². The van der Waals surface area contributed by atoms with Crippen LogP contribution < -0.4 is 10.1 Å². The Balaban J connectivity index is 1.91. The first-order valence-electron chi connectivity index (χ1n) is 11.8. The molecule has 5 nitrogen and oxygen atoms in total. The second kappa shape index (κ2) is 13.0. The number of carbonyl (C=O) groups is 2. The lowest BCUT2D eigenvalue weighted by molar-refractivity contribution is -0.139. The molecule has 0 aliphatic carbocycles. The van der Waals surface area contributed by atoms with Gasteiger partial charge in [-0.25, -0.2) is 0 Å². The number of hydrogen-bond donors (Lipinski definition) is 1. The van der Waals surface area contributed by atoms with Gasteiger partial charge in [0.1, 0.15) is 11.8 Å². The topological polar surface area (TPSA) is 58.6 Å². The maximum atomic E-state index is 13.7. The summed E-state index contributed by atoms with van der Waals surface area (Å²) in [5.74, 6) is 0.724. The molecule has 0 fully saturated rings.